The fraction of sp³-hybridized carbons (Fsp3) is 0.245. The fourth-order valence-corrected chi connectivity index (χ4v) is 11.7. The second-order valence-electron chi connectivity index (χ2n) is 16.8. The fourth-order valence-electron chi connectivity index (χ4n) is 11.7. The summed E-state index contributed by atoms with van der Waals surface area (Å²) in [5, 5.41) is 7.68. The molecule has 0 saturated heterocycles. The predicted octanol–water partition coefficient (Wildman–Crippen LogP) is 13.9. The van der Waals surface area contributed by atoms with E-state index in [0.717, 1.165) is 22.1 Å². The molecule has 55 heavy (non-hydrogen) atoms. The molecule has 3 aliphatic carbocycles. The highest BCUT2D eigenvalue weighted by Crippen LogP contribution is 2.61. The van der Waals surface area contributed by atoms with Gasteiger partial charge in [-0.05, 0) is 116 Å². The summed E-state index contributed by atoms with van der Waals surface area (Å²) in [5.74, 6) is 0.920. The van der Waals surface area contributed by atoms with Crippen molar-refractivity contribution in [2.45, 2.75) is 81.5 Å². The van der Waals surface area contributed by atoms with E-state index in [4.69, 9.17) is 11.5 Å². The van der Waals surface area contributed by atoms with E-state index in [-0.39, 0.29) is 0 Å². The third-order valence-corrected chi connectivity index (χ3v) is 14.0. The molecule has 0 heterocycles. The van der Waals surface area contributed by atoms with Crippen molar-refractivity contribution >= 4 is 43.7 Å². The standard InChI is InChI=1S/C53H48N2/c54-46-32-41(33-17-5-1-6-18-33)39-29-30-40-50-49(39)42(46)31-45(51(50)47(34-19-7-2-8-20-34)48(52(40)55)35-21-9-3-10-22-35)53(36-23-11-4-12-24-36)43-27-15-13-25-37(43)38-26-14-16-28-44(38)53/h3-4,9-16,21-34H,1-2,5-8,17-20,54-55H2. The van der Waals surface area contributed by atoms with Crippen molar-refractivity contribution in [3.05, 3.63) is 167 Å². The molecule has 2 saturated carbocycles. The van der Waals surface area contributed by atoms with Crippen molar-refractivity contribution in [3.63, 3.8) is 0 Å². The first-order chi connectivity index (χ1) is 27.2. The Hall–Kier alpha value is -5.60. The lowest BCUT2D eigenvalue weighted by molar-refractivity contribution is 0.445. The van der Waals surface area contributed by atoms with Gasteiger partial charge in [0.2, 0.25) is 0 Å². The molecular formula is C53H48N2. The molecular weight excluding hydrogens is 665 g/mol. The van der Waals surface area contributed by atoms with E-state index in [1.165, 1.54) is 141 Å². The van der Waals surface area contributed by atoms with Gasteiger partial charge in [0.15, 0.2) is 0 Å². The second kappa shape index (κ2) is 12.7. The van der Waals surface area contributed by atoms with Crippen LogP contribution < -0.4 is 11.5 Å². The molecule has 2 fully saturated rings. The van der Waals surface area contributed by atoms with Crippen molar-refractivity contribution in [3.8, 4) is 22.3 Å². The summed E-state index contributed by atoms with van der Waals surface area (Å²) >= 11 is 0. The number of nitrogen functional groups attached to an aromatic ring is 2. The summed E-state index contributed by atoms with van der Waals surface area (Å²) in [6.45, 7) is 0. The van der Waals surface area contributed by atoms with Crippen LogP contribution in [0.25, 0.3) is 54.6 Å². The Morgan fingerprint density at radius 1 is 0.455 bits per heavy atom. The molecule has 3 aliphatic rings. The lowest BCUT2D eigenvalue weighted by Gasteiger charge is -2.38. The number of benzene rings is 8. The van der Waals surface area contributed by atoms with Gasteiger partial charge in [-0.2, -0.15) is 0 Å². The van der Waals surface area contributed by atoms with Gasteiger partial charge in [0.1, 0.15) is 0 Å². The van der Waals surface area contributed by atoms with Crippen molar-refractivity contribution in [1.29, 1.82) is 0 Å². The van der Waals surface area contributed by atoms with Gasteiger partial charge in [0.05, 0.1) is 5.41 Å². The van der Waals surface area contributed by atoms with E-state index in [2.05, 4.69) is 133 Å². The average molecular weight is 713 g/mol. The molecule has 4 N–H and O–H groups in total. The zero-order valence-corrected chi connectivity index (χ0v) is 31.6. The van der Waals surface area contributed by atoms with Gasteiger partial charge in [0.25, 0.3) is 0 Å². The third-order valence-electron chi connectivity index (χ3n) is 14.0. The molecule has 8 aromatic rings. The van der Waals surface area contributed by atoms with Crippen LogP contribution >= 0.6 is 0 Å². The molecule has 0 aromatic heterocycles. The third kappa shape index (κ3) is 4.67. The van der Waals surface area contributed by atoms with Gasteiger partial charge >= 0.3 is 0 Å². The maximum atomic E-state index is 7.66. The number of anilines is 2. The SMILES string of the molecule is Nc1cc(C2CCCCC2)c2ccc3c(N)c(-c4ccccc4)c(C4CCCCC4)c4c(C5(c6ccccc6)c6ccccc6-c6ccccc65)cc1c2c34. The van der Waals surface area contributed by atoms with Crippen LogP contribution in [0.3, 0.4) is 0 Å². The van der Waals surface area contributed by atoms with Crippen LogP contribution in [0.1, 0.15) is 109 Å². The zero-order valence-electron chi connectivity index (χ0n) is 31.6. The van der Waals surface area contributed by atoms with Crippen LogP contribution in [0.2, 0.25) is 0 Å². The maximum Gasteiger partial charge on any atom is 0.0719 e. The highest BCUT2D eigenvalue weighted by molar-refractivity contribution is 6.31. The molecule has 0 unspecified atom stereocenters. The van der Waals surface area contributed by atoms with Crippen LogP contribution in [0.4, 0.5) is 11.4 Å². The van der Waals surface area contributed by atoms with Crippen LogP contribution in [-0.4, -0.2) is 0 Å². The zero-order chi connectivity index (χ0) is 36.7. The monoisotopic (exact) mass is 712 g/mol. The maximum absolute atomic E-state index is 7.66. The molecule has 0 spiro atoms. The van der Waals surface area contributed by atoms with Gasteiger partial charge < -0.3 is 11.5 Å². The van der Waals surface area contributed by atoms with Crippen LogP contribution in [-0.2, 0) is 5.41 Å². The predicted molar refractivity (Wildman–Crippen MR) is 233 cm³/mol. The Balaban J connectivity index is 1.41. The minimum Gasteiger partial charge on any atom is -0.398 e. The Bertz CT molecular complexity index is 2690. The Morgan fingerprint density at radius 3 is 1.67 bits per heavy atom. The van der Waals surface area contributed by atoms with E-state index in [9.17, 15) is 0 Å². The van der Waals surface area contributed by atoms with E-state index in [0.29, 0.717) is 11.8 Å². The summed E-state index contributed by atoms with van der Waals surface area (Å²) in [7, 11) is 0. The molecule has 0 bridgehead atoms. The number of nitrogens with two attached hydrogens (primary N) is 2. The van der Waals surface area contributed by atoms with Crippen LogP contribution in [0.5, 0.6) is 0 Å². The van der Waals surface area contributed by atoms with Gasteiger partial charge in [-0.1, -0.05) is 160 Å². The van der Waals surface area contributed by atoms with Gasteiger partial charge in [-0.3, -0.25) is 0 Å². The summed E-state index contributed by atoms with van der Waals surface area (Å²) in [4.78, 5) is 0. The highest BCUT2D eigenvalue weighted by atomic mass is 14.6. The van der Waals surface area contributed by atoms with Crippen molar-refractivity contribution < 1.29 is 0 Å². The average Bonchev–Trinajstić information content (AvgIpc) is 3.55. The Labute approximate surface area is 324 Å². The molecule has 8 aromatic carbocycles. The number of hydrogen-bond donors (Lipinski definition) is 2. The highest BCUT2D eigenvalue weighted by Gasteiger charge is 2.48. The van der Waals surface area contributed by atoms with E-state index in [1.54, 1.807) is 0 Å². The van der Waals surface area contributed by atoms with Crippen molar-refractivity contribution in [1.82, 2.24) is 0 Å². The number of hydrogen-bond acceptors (Lipinski definition) is 2. The molecule has 11 rings (SSSR count). The summed E-state index contributed by atoms with van der Waals surface area (Å²) in [5.41, 5.74) is 29.5. The summed E-state index contributed by atoms with van der Waals surface area (Å²) in [6.07, 6.45) is 12.5. The molecule has 0 radical (unpaired) electrons. The first kappa shape index (κ1) is 32.8. The molecule has 2 nitrogen and oxygen atoms in total. The summed E-state index contributed by atoms with van der Waals surface area (Å²) < 4.78 is 0. The van der Waals surface area contributed by atoms with Gasteiger partial charge in [-0.25, -0.2) is 0 Å². The minimum absolute atomic E-state index is 0.393. The minimum atomic E-state index is -0.580. The van der Waals surface area contributed by atoms with Gasteiger partial charge in [0, 0.05) is 33.1 Å². The van der Waals surface area contributed by atoms with Crippen LogP contribution in [0, 0.1) is 0 Å². The largest absolute Gasteiger partial charge is 0.398 e. The first-order valence-corrected chi connectivity index (χ1v) is 20.8. The van der Waals surface area contributed by atoms with E-state index in [1.807, 2.05) is 0 Å². The molecule has 0 amide bonds. The molecule has 0 aliphatic heterocycles. The van der Waals surface area contributed by atoms with Crippen molar-refractivity contribution in [2.75, 3.05) is 11.5 Å². The Kier molecular flexibility index (Phi) is 7.60. The van der Waals surface area contributed by atoms with Crippen LogP contribution in [0.15, 0.2) is 133 Å². The lowest BCUT2D eigenvalue weighted by Crippen LogP contribution is -2.29. The van der Waals surface area contributed by atoms with Gasteiger partial charge in [-0.15, -0.1) is 0 Å². The second-order valence-corrected chi connectivity index (χ2v) is 16.8. The molecule has 0 atom stereocenters. The number of rotatable bonds is 5. The number of fused-ring (bicyclic) bond motifs is 3. The van der Waals surface area contributed by atoms with E-state index < -0.39 is 5.41 Å². The molecule has 2 heteroatoms. The Morgan fingerprint density at radius 2 is 1.02 bits per heavy atom. The quantitative estimate of drug-likeness (QED) is 0.138. The summed E-state index contributed by atoms with van der Waals surface area (Å²) in [6, 6.07) is 50.4. The normalized spacial score (nSPS) is 17.2. The first-order valence-electron chi connectivity index (χ1n) is 20.8. The van der Waals surface area contributed by atoms with Crippen molar-refractivity contribution in [2.24, 2.45) is 0 Å². The lowest BCUT2D eigenvalue weighted by atomic mass is 9.64. The smallest absolute Gasteiger partial charge is 0.0719 e. The topological polar surface area (TPSA) is 52.0 Å². The van der Waals surface area contributed by atoms with E-state index >= 15 is 0 Å². The molecule has 270 valence electrons.